The molecule has 0 spiro atoms. The van der Waals surface area contributed by atoms with Gasteiger partial charge in [0.2, 0.25) is 4.77 Å². The molecule has 27 heavy (non-hydrogen) atoms. The summed E-state index contributed by atoms with van der Waals surface area (Å²) in [7, 11) is 0. The maximum Gasteiger partial charge on any atom is 0.274 e. The standard InChI is InChI=1S/C20H24N6S/c1-16-6-7-18(17(2)13-16)25-14-22-26(20(25)27)15-23-9-11-24(12-10-23)19-5-3-4-8-21-19/h3-8,13-14H,9-12,15H2,1-2H3/p+2. The summed E-state index contributed by atoms with van der Waals surface area (Å²) in [4.78, 5) is 7.23. The number of piperazine rings is 1. The highest BCUT2D eigenvalue weighted by atomic mass is 32.1. The molecule has 3 aromatic rings. The summed E-state index contributed by atoms with van der Waals surface area (Å²) in [5.41, 5.74) is 3.58. The van der Waals surface area contributed by atoms with Gasteiger partial charge in [-0.1, -0.05) is 23.8 Å². The Balaban J connectivity index is 1.44. The number of aromatic nitrogens is 4. The quantitative estimate of drug-likeness (QED) is 0.690. The molecule has 1 aromatic carbocycles. The summed E-state index contributed by atoms with van der Waals surface area (Å²) in [5, 5.41) is 4.56. The predicted molar refractivity (Wildman–Crippen MR) is 108 cm³/mol. The minimum atomic E-state index is 0.758. The second kappa shape index (κ2) is 7.62. The summed E-state index contributed by atoms with van der Waals surface area (Å²) < 4.78 is 4.72. The Morgan fingerprint density at radius 1 is 1.15 bits per heavy atom. The molecule has 6 nitrogen and oxygen atoms in total. The van der Waals surface area contributed by atoms with Crippen LogP contribution in [0.2, 0.25) is 0 Å². The molecule has 1 aliphatic heterocycles. The molecule has 0 amide bonds. The van der Waals surface area contributed by atoms with E-state index in [1.165, 1.54) is 21.8 Å². The normalized spacial score (nSPS) is 15.3. The van der Waals surface area contributed by atoms with Crippen molar-refractivity contribution in [3.63, 3.8) is 0 Å². The molecule has 2 aromatic heterocycles. The van der Waals surface area contributed by atoms with E-state index < -0.39 is 0 Å². The van der Waals surface area contributed by atoms with E-state index in [1.54, 1.807) is 0 Å². The van der Waals surface area contributed by atoms with Crippen LogP contribution in [0, 0.1) is 18.6 Å². The van der Waals surface area contributed by atoms with E-state index >= 15 is 0 Å². The summed E-state index contributed by atoms with van der Waals surface area (Å²) in [6, 6.07) is 12.6. The fraction of sp³-hybridized carbons (Fsp3) is 0.350. The number of anilines is 1. The number of nitrogens with one attached hydrogen (secondary N) is 2. The van der Waals surface area contributed by atoms with E-state index in [1.807, 2.05) is 27.8 Å². The van der Waals surface area contributed by atoms with Crippen LogP contribution in [0.3, 0.4) is 0 Å². The lowest BCUT2D eigenvalue weighted by Crippen LogP contribution is -3.14. The Hall–Kier alpha value is -2.51. The smallest absolute Gasteiger partial charge is 0.274 e. The van der Waals surface area contributed by atoms with Crippen molar-refractivity contribution in [1.29, 1.82) is 0 Å². The van der Waals surface area contributed by atoms with Crippen molar-refractivity contribution in [2.24, 2.45) is 0 Å². The first-order valence-corrected chi connectivity index (χ1v) is 9.80. The van der Waals surface area contributed by atoms with Crippen LogP contribution in [0.15, 0.2) is 48.9 Å². The molecule has 0 radical (unpaired) electrons. The van der Waals surface area contributed by atoms with Crippen LogP contribution in [-0.2, 0) is 6.67 Å². The van der Waals surface area contributed by atoms with Crippen LogP contribution in [0.5, 0.6) is 0 Å². The Morgan fingerprint density at radius 2 is 1.96 bits per heavy atom. The van der Waals surface area contributed by atoms with Crippen LogP contribution in [-0.4, -0.2) is 40.5 Å². The second-order valence-corrected chi connectivity index (χ2v) is 7.58. The number of H-pyrrole nitrogens is 1. The van der Waals surface area contributed by atoms with Gasteiger partial charge in [-0.3, -0.25) is 9.47 Å². The summed E-state index contributed by atoms with van der Waals surface area (Å²) >= 11 is 5.70. The molecule has 1 saturated heterocycles. The van der Waals surface area contributed by atoms with Gasteiger partial charge in [0, 0.05) is 6.07 Å². The van der Waals surface area contributed by atoms with Crippen LogP contribution in [0.1, 0.15) is 11.1 Å². The molecule has 0 bridgehead atoms. The van der Waals surface area contributed by atoms with E-state index in [-0.39, 0.29) is 0 Å². The first-order chi connectivity index (χ1) is 13.1. The third-order valence-corrected chi connectivity index (χ3v) is 5.63. The van der Waals surface area contributed by atoms with Crippen molar-refractivity contribution in [3.8, 4) is 5.69 Å². The van der Waals surface area contributed by atoms with Gasteiger partial charge in [-0.25, -0.2) is 4.98 Å². The van der Waals surface area contributed by atoms with E-state index in [4.69, 9.17) is 12.2 Å². The zero-order valence-electron chi connectivity index (χ0n) is 15.9. The minimum absolute atomic E-state index is 0.758. The molecule has 2 N–H and O–H groups in total. The molecule has 3 heterocycles. The average Bonchev–Trinajstić information content (AvgIpc) is 3.03. The Bertz CT molecular complexity index is 970. The first kappa shape index (κ1) is 17.9. The first-order valence-electron chi connectivity index (χ1n) is 9.39. The molecule has 0 unspecified atom stereocenters. The largest absolute Gasteiger partial charge is 0.310 e. The van der Waals surface area contributed by atoms with Gasteiger partial charge < -0.3 is 4.90 Å². The Labute approximate surface area is 164 Å². The molecule has 1 aliphatic rings. The maximum atomic E-state index is 5.70. The fourth-order valence-electron chi connectivity index (χ4n) is 3.70. The lowest BCUT2D eigenvalue weighted by molar-refractivity contribution is -0.924. The number of benzene rings is 1. The highest BCUT2D eigenvalue weighted by Crippen LogP contribution is 2.15. The van der Waals surface area contributed by atoms with Crippen molar-refractivity contribution >= 4 is 18.0 Å². The second-order valence-electron chi connectivity index (χ2n) is 7.22. The summed E-state index contributed by atoms with van der Waals surface area (Å²) in [5.74, 6) is 1.19. The Morgan fingerprint density at radius 3 is 2.67 bits per heavy atom. The third-order valence-electron chi connectivity index (χ3n) is 5.22. The molecular formula is C20H26N6S+2. The Kier molecular flexibility index (Phi) is 5.05. The van der Waals surface area contributed by atoms with Crippen molar-refractivity contribution in [2.45, 2.75) is 20.5 Å². The number of pyridine rings is 1. The van der Waals surface area contributed by atoms with Crippen molar-refractivity contribution in [2.75, 3.05) is 31.1 Å². The van der Waals surface area contributed by atoms with E-state index in [0.29, 0.717) is 0 Å². The molecule has 4 rings (SSSR count). The SMILES string of the molecule is Cc1ccc(-n2cnn(C[NH+]3CCN(c4cccc[nH+]4)CC3)c2=S)c(C)c1. The van der Waals surface area contributed by atoms with Crippen LogP contribution >= 0.6 is 12.2 Å². The van der Waals surface area contributed by atoms with Gasteiger partial charge in [0.1, 0.15) is 32.5 Å². The molecule has 0 atom stereocenters. The van der Waals surface area contributed by atoms with E-state index in [0.717, 1.165) is 43.3 Å². The average molecular weight is 383 g/mol. The zero-order chi connectivity index (χ0) is 18.8. The van der Waals surface area contributed by atoms with Gasteiger partial charge in [0.05, 0.1) is 11.9 Å². The fourth-order valence-corrected chi connectivity index (χ4v) is 3.96. The van der Waals surface area contributed by atoms with Crippen molar-refractivity contribution in [3.05, 3.63) is 64.8 Å². The van der Waals surface area contributed by atoms with Crippen LogP contribution in [0.4, 0.5) is 5.82 Å². The molecule has 0 aliphatic carbocycles. The lowest BCUT2D eigenvalue weighted by atomic mass is 10.1. The van der Waals surface area contributed by atoms with Crippen molar-refractivity contribution in [1.82, 2.24) is 14.3 Å². The third kappa shape index (κ3) is 3.79. The molecule has 0 saturated carbocycles. The van der Waals surface area contributed by atoms with Crippen molar-refractivity contribution < 1.29 is 9.88 Å². The zero-order valence-corrected chi connectivity index (χ0v) is 16.7. The number of aromatic amines is 1. The summed E-state index contributed by atoms with van der Waals surface area (Å²) in [6.07, 6.45) is 3.82. The van der Waals surface area contributed by atoms with Gasteiger partial charge in [0.15, 0.2) is 6.67 Å². The number of nitrogens with zero attached hydrogens (tertiary/aromatic N) is 4. The topological polar surface area (TPSA) is 44.6 Å². The van der Waals surface area contributed by atoms with E-state index in [2.05, 4.69) is 59.2 Å². The molecule has 140 valence electrons. The number of hydrogen-bond donors (Lipinski definition) is 1. The number of rotatable bonds is 4. The number of hydrogen-bond acceptors (Lipinski definition) is 3. The lowest BCUT2D eigenvalue weighted by Gasteiger charge is -2.27. The van der Waals surface area contributed by atoms with Gasteiger partial charge in [0.25, 0.3) is 5.82 Å². The number of quaternary nitrogens is 1. The van der Waals surface area contributed by atoms with Gasteiger partial charge in [-0.05, 0) is 43.8 Å². The molecular weight excluding hydrogens is 356 g/mol. The highest BCUT2D eigenvalue weighted by Gasteiger charge is 2.26. The highest BCUT2D eigenvalue weighted by molar-refractivity contribution is 7.71. The van der Waals surface area contributed by atoms with Crippen LogP contribution in [0.25, 0.3) is 5.69 Å². The van der Waals surface area contributed by atoms with Crippen LogP contribution < -0.4 is 14.8 Å². The van der Waals surface area contributed by atoms with E-state index in [9.17, 15) is 0 Å². The monoisotopic (exact) mass is 382 g/mol. The predicted octanol–water partition coefficient (Wildman–Crippen LogP) is 1.20. The number of aryl methyl sites for hydroxylation is 2. The molecule has 1 fully saturated rings. The van der Waals surface area contributed by atoms with Gasteiger partial charge in [-0.15, -0.1) is 0 Å². The summed E-state index contributed by atoms with van der Waals surface area (Å²) in [6.45, 7) is 9.23. The minimum Gasteiger partial charge on any atom is -0.310 e. The van der Waals surface area contributed by atoms with Gasteiger partial charge >= 0.3 is 0 Å². The van der Waals surface area contributed by atoms with Gasteiger partial charge in [-0.2, -0.15) is 9.78 Å². The molecule has 7 heteroatoms. The maximum absolute atomic E-state index is 5.70.